The lowest BCUT2D eigenvalue weighted by Crippen LogP contribution is -2.24. The lowest BCUT2D eigenvalue weighted by molar-refractivity contribution is -0.116. The topological polar surface area (TPSA) is 49.3 Å². The summed E-state index contributed by atoms with van der Waals surface area (Å²) in [5.41, 5.74) is 0.833. The van der Waals surface area contributed by atoms with Gasteiger partial charge in [0, 0.05) is 21.9 Å². The van der Waals surface area contributed by atoms with Gasteiger partial charge in [0.25, 0.3) is 5.91 Å². The number of phenolic OH excluding ortho intramolecular Hbond substituents is 1. The number of amides is 1. The van der Waals surface area contributed by atoms with E-state index in [1.54, 1.807) is 18.2 Å². The summed E-state index contributed by atoms with van der Waals surface area (Å²) in [5, 5.41) is 11.9. The van der Waals surface area contributed by atoms with Crippen LogP contribution in [0.5, 0.6) is 5.75 Å². The van der Waals surface area contributed by atoms with Crippen LogP contribution in [0.3, 0.4) is 0 Å². The molecule has 0 spiro atoms. The number of hydrogen-bond acceptors (Lipinski definition) is 2. The fourth-order valence-electron chi connectivity index (χ4n) is 1.15. The van der Waals surface area contributed by atoms with Crippen molar-refractivity contribution in [2.75, 3.05) is 0 Å². The quantitative estimate of drug-likeness (QED) is 0.805. The van der Waals surface area contributed by atoms with Crippen LogP contribution in [0.15, 0.2) is 24.3 Å². The van der Waals surface area contributed by atoms with Crippen molar-refractivity contribution in [1.29, 1.82) is 0 Å². The summed E-state index contributed by atoms with van der Waals surface area (Å²) in [7, 11) is 0. The molecule has 1 rings (SSSR count). The number of carbonyl (C=O) groups excluding carboxylic acids is 1. The molecule has 0 bridgehead atoms. The molecule has 2 N–H and O–H groups in total. The molecule has 1 amide bonds. The van der Waals surface area contributed by atoms with E-state index in [9.17, 15) is 9.90 Å². The monoisotopic (exact) mass is 267 g/mol. The van der Waals surface area contributed by atoms with Gasteiger partial charge in [-0.05, 0) is 29.4 Å². The Morgan fingerprint density at radius 2 is 2.33 bits per heavy atom. The first-order valence-electron chi connectivity index (χ1n) is 4.34. The van der Waals surface area contributed by atoms with Crippen molar-refractivity contribution >= 4 is 21.8 Å². The molecular weight excluding hydrogens is 258 g/mol. The Bertz CT molecular complexity index is 420. The first kappa shape index (κ1) is 11.6. The molecule has 0 aliphatic heterocycles. The predicted octanol–water partition coefficient (Wildman–Crippen LogP) is 1.93. The summed E-state index contributed by atoms with van der Waals surface area (Å²) in [6.07, 6.45) is 0. The zero-order valence-corrected chi connectivity index (χ0v) is 9.71. The van der Waals surface area contributed by atoms with Gasteiger partial charge in [-0.15, -0.1) is 0 Å². The van der Waals surface area contributed by atoms with E-state index in [4.69, 9.17) is 0 Å². The second-order valence-electron chi connectivity index (χ2n) is 3.01. The number of nitrogens with one attached hydrogen (secondary N) is 1. The van der Waals surface area contributed by atoms with Gasteiger partial charge in [-0.3, -0.25) is 4.79 Å². The second kappa shape index (κ2) is 5.42. The lowest BCUT2D eigenvalue weighted by atomic mass is 10.1. The molecule has 0 aromatic heterocycles. The minimum Gasteiger partial charge on any atom is -0.508 e. The van der Waals surface area contributed by atoms with E-state index in [1.165, 1.54) is 0 Å². The molecule has 0 radical (unpaired) electrons. The number of aromatic hydroxyl groups is 1. The van der Waals surface area contributed by atoms with Crippen LogP contribution >= 0.6 is 15.9 Å². The maximum Gasteiger partial charge on any atom is 0.297 e. The standard InChI is InChI=1S/C11H10BrNO2/c1-8(13-11(15)5-6-12)9-3-2-4-10(14)7-9/h2-4,7-8,14H,1H3,(H,13,15). The molecule has 3 nitrogen and oxygen atoms in total. The second-order valence-corrected chi connectivity index (χ2v) is 3.41. The summed E-state index contributed by atoms with van der Waals surface area (Å²) in [4.78, 5) is 13.5. The average molecular weight is 268 g/mol. The Hall–Kier alpha value is -1.47. The van der Waals surface area contributed by atoms with E-state index < -0.39 is 0 Å². The summed E-state index contributed by atoms with van der Waals surface area (Å²) in [6, 6.07) is 6.55. The lowest BCUT2D eigenvalue weighted by Gasteiger charge is -2.12. The molecular formula is C11H10BrNO2. The van der Waals surface area contributed by atoms with Crippen molar-refractivity contribution in [2.24, 2.45) is 0 Å². The van der Waals surface area contributed by atoms with Crippen LogP contribution < -0.4 is 5.32 Å². The Kier molecular flexibility index (Phi) is 4.19. The summed E-state index contributed by atoms with van der Waals surface area (Å²) < 4.78 is 0. The van der Waals surface area contributed by atoms with Crippen LogP contribution in [0.2, 0.25) is 0 Å². The molecule has 4 heteroatoms. The number of rotatable bonds is 2. The molecule has 78 valence electrons. The van der Waals surface area contributed by atoms with E-state index in [-0.39, 0.29) is 17.7 Å². The third-order valence-electron chi connectivity index (χ3n) is 1.88. The van der Waals surface area contributed by atoms with Crippen LogP contribution in [-0.4, -0.2) is 11.0 Å². The Morgan fingerprint density at radius 1 is 1.60 bits per heavy atom. The Morgan fingerprint density at radius 3 is 2.93 bits per heavy atom. The number of halogens is 1. The van der Waals surface area contributed by atoms with Crippen molar-refractivity contribution in [3.63, 3.8) is 0 Å². The van der Waals surface area contributed by atoms with Gasteiger partial charge in [0.1, 0.15) is 5.75 Å². The van der Waals surface area contributed by atoms with E-state index in [2.05, 4.69) is 32.0 Å². The Labute approximate surface area is 96.6 Å². The average Bonchev–Trinajstić information content (AvgIpc) is 2.18. The molecule has 0 heterocycles. The molecule has 0 aliphatic rings. The third-order valence-corrected chi connectivity index (χ3v) is 2.08. The maximum absolute atomic E-state index is 11.1. The first-order valence-corrected chi connectivity index (χ1v) is 5.14. The number of carbonyl (C=O) groups is 1. The SMILES string of the molecule is CC(NC(=O)C#CBr)c1cccc(O)c1. The molecule has 0 saturated carbocycles. The van der Waals surface area contributed by atoms with Crippen LogP contribution in [0, 0.1) is 10.8 Å². The Balaban J connectivity index is 2.71. The highest BCUT2D eigenvalue weighted by molar-refractivity contribution is 9.12. The van der Waals surface area contributed by atoms with Gasteiger partial charge in [0.05, 0.1) is 6.04 Å². The highest BCUT2D eigenvalue weighted by Crippen LogP contribution is 2.17. The fourth-order valence-corrected chi connectivity index (χ4v) is 1.33. The van der Waals surface area contributed by atoms with E-state index in [0.717, 1.165) is 5.56 Å². The van der Waals surface area contributed by atoms with Crippen molar-refractivity contribution in [3.8, 4) is 16.5 Å². The van der Waals surface area contributed by atoms with Crippen molar-refractivity contribution < 1.29 is 9.90 Å². The zero-order valence-electron chi connectivity index (χ0n) is 8.12. The number of hydrogen-bond donors (Lipinski definition) is 2. The van der Waals surface area contributed by atoms with E-state index in [0.29, 0.717) is 0 Å². The predicted molar refractivity (Wildman–Crippen MR) is 61.4 cm³/mol. The molecule has 1 aromatic rings. The van der Waals surface area contributed by atoms with E-state index >= 15 is 0 Å². The largest absolute Gasteiger partial charge is 0.508 e. The fraction of sp³-hybridized carbons (Fsp3) is 0.182. The van der Waals surface area contributed by atoms with Crippen LogP contribution in [-0.2, 0) is 4.79 Å². The van der Waals surface area contributed by atoms with Gasteiger partial charge in [-0.2, -0.15) is 0 Å². The summed E-state index contributed by atoms with van der Waals surface area (Å²) >= 11 is 2.85. The summed E-state index contributed by atoms with van der Waals surface area (Å²) in [6.45, 7) is 1.82. The van der Waals surface area contributed by atoms with Crippen LogP contribution in [0.4, 0.5) is 0 Å². The van der Waals surface area contributed by atoms with Gasteiger partial charge in [0.15, 0.2) is 0 Å². The van der Waals surface area contributed by atoms with Gasteiger partial charge in [-0.25, -0.2) is 0 Å². The highest BCUT2D eigenvalue weighted by Gasteiger charge is 2.07. The van der Waals surface area contributed by atoms with Gasteiger partial charge in [0.2, 0.25) is 0 Å². The van der Waals surface area contributed by atoms with Gasteiger partial charge in [-0.1, -0.05) is 12.1 Å². The molecule has 1 unspecified atom stereocenters. The molecule has 1 atom stereocenters. The van der Waals surface area contributed by atoms with Gasteiger partial charge >= 0.3 is 0 Å². The van der Waals surface area contributed by atoms with Crippen LogP contribution in [0.1, 0.15) is 18.5 Å². The first-order chi connectivity index (χ1) is 7.13. The van der Waals surface area contributed by atoms with Crippen LogP contribution in [0.25, 0.3) is 0 Å². The van der Waals surface area contributed by atoms with Crippen molar-refractivity contribution in [2.45, 2.75) is 13.0 Å². The zero-order chi connectivity index (χ0) is 11.3. The third kappa shape index (κ3) is 3.64. The number of phenols is 1. The highest BCUT2D eigenvalue weighted by atomic mass is 79.9. The molecule has 1 aromatic carbocycles. The van der Waals surface area contributed by atoms with E-state index in [1.807, 2.05) is 13.0 Å². The minimum absolute atomic E-state index is 0.181. The molecule has 0 fully saturated rings. The molecule has 15 heavy (non-hydrogen) atoms. The smallest absolute Gasteiger partial charge is 0.297 e. The summed E-state index contributed by atoms with van der Waals surface area (Å²) in [5.74, 6) is 2.14. The number of benzene rings is 1. The van der Waals surface area contributed by atoms with Gasteiger partial charge < -0.3 is 10.4 Å². The normalized spacial score (nSPS) is 11.1. The minimum atomic E-state index is -0.359. The molecule has 0 saturated heterocycles. The molecule has 0 aliphatic carbocycles. The van der Waals surface area contributed by atoms with Crippen molar-refractivity contribution in [1.82, 2.24) is 5.32 Å². The van der Waals surface area contributed by atoms with Crippen molar-refractivity contribution in [3.05, 3.63) is 29.8 Å². The maximum atomic E-state index is 11.1.